The third-order valence-corrected chi connectivity index (χ3v) is 2.71. The van der Waals surface area contributed by atoms with E-state index in [1.807, 2.05) is 20.8 Å². The van der Waals surface area contributed by atoms with Crippen LogP contribution in [0.4, 0.5) is 0 Å². The number of nitrogens with two attached hydrogens (primary N) is 1. The first-order valence-electron chi connectivity index (χ1n) is 5.90. The molecule has 88 valence electrons. The van der Waals surface area contributed by atoms with Crippen molar-refractivity contribution in [3.8, 4) is 5.88 Å². The van der Waals surface area contributed by atoms with E-state index in [-0.39, 0.29) is 5.60 Å². The molecular weight excluding hydrogens is 200 g/mol. The third-order valence-electron chi connectivity index (χ3n) is 2.71. The predicted octanol–water partition coefficient (Wildman–Crippen LogP) is 2.21. The minimum absolute atomic E-state index is 0.218. The summed E-state index contributed by atoms with van der Waals surface area (Å²) in [5, 5.41) is 0. The standard InChI is InChI=1S/C13H20N2O/c1-13(2,3)16-12-10(8-14)7-9-5-4-6-11(9)15-12/h7H,4-6,8,14H2,1-3H3. The van der Waals surface area contributed by atoms with Gasteiger partial charge in [-0.05, 0) is 51.7 Å². The van der Waals surface area contributed by atoms with Gasteiger partial charge in [0.15, 0.2) is 0 Å². The Morgan fingerprint density at radius 1 is 1.38 bits per heavy atom. The van der Waals surface area contributed by atoms with Crippen molar-refractivity contribution >= 4 is 0 Å². The first-order chi connectivity index (χ1) is 7.49. The van der Waals surface area contributed by atoms with E-state index in [0.29, 0.717) is 6.54 Å². The molecule has 1 heterocycles. The van der Waals surface area contributed by atoms with Gasteiger partial charge in [0, 0.05) is 17.8 Å². The van der Waals surface area contributed by atoms with Gasteiger partial charge in [-0.3, -0.25) is 0 Å². The van der Waals surface area contributed by atoms with Gasteiger partial charge in [-0.15, -0.1) is 0 Å². The summed E-state index contributed by atoms with van der Waals surface area (Å²) in [6, 6.07) is 2.16. The van der Waals surface area contributed by atoms with Gasteiger partial charge in [0.2, 0.25) is 5.88 Å². The fraction of sp³-hybridized carbons (Fsp3) is 0.615. The molecule has 0 saturated carbocycles. The van der Waals surface area contributed by atoms with Gasteiger partial charge >= 0.3 is 0 Å². The van der Waals surface area contributed by atoms with Crippen molar-refractivity contribution in [3.63, 3.8) is 0 Å². The molecule has 0 amide bonds. The molecule has 0 saturated heterocycles. The van der Waals surface area contributed by atoms with Crippen molar-refractivity contribution < 1.29 is 4.74 Å². The maximum atomic E-state index is 5.86. The number of fused-ring (bicyclic) bond motifs is 1. The van der Waals surface area contributed by atoms with Crippen LogP contribution < -0.4 is 10.5 Å². The summed E-state index contributed by atoms with van der Waals surface area (Å²) < 4.78 is 5.86. The van der Waals surface area contributed by atoms with E-state index >= 15 is 0 Å². The molecule has 2 N–H and O–H groups in total. The monoisotopic (exact) mass is 220 g/mol. The maximum absolute atomic E-state index is 5.86. The Kier molecular flexibility index (Phi) is 2.89. The highest BCUT2D eigenvalue weighted by Gasteiger charge is 2.20. The van der Waals surface area contributed by atoms with E-state index in [4.69, 9.17) is 10.5 Å². The number of ether oxygens (including phenoxy) is 1. The highest BCUT2D eigenvalue weighted by Crippen LogP contribution is 2.28. The lowest BCUT2D eigenvalue weighted by atomic mass is 10.1. The van der Waals surface area contributed by atoms with Gasteiger partial charge < -0.3 is 10.5 Å². The van der Waals surface area contributed by atoms with Crippen molar-refractivity contribution in [1.29, 1.82) is 0 Å². The van der Waals surface area contributed by atoms with Crippen LogP contribution in [0, 0.1) is 0 Å². The molecule has 1 aromatic heterocycles. The average Bonchev–Trinajstić information content (AvgIpc) is 2.60. The highest BCUT2D eigenvalue weighted by atomic mass is 16.5. The number of hydrogen-bond acceptors (Lipinski definition) is 3. The Labute approximate surface area is 97.0 Å². The molecule has 2 rings (SSSR count). The lowest BCUT2D eigenvalue weighted by Gasteiger charge is -2.22. The van der Waals surface area contributed by atoms with Crippen molar-refractivity contribution in [2.24, 2.45) is 5.73 Å². The topological polar surface area (TPSA) is 48.1 Å². The van der Waals surface area contributed by atoms with Crippen LogP contribution in [0.1, 0.15) is 44.0 Å². The fourth-order valence-electron chi connectivity index (χ4n) is 2.03. The summed E-state index contributed by atoms with van der Waals surface area (Å²) in [5.41, 5.74) is 9.09. The van der Waals surface area contributed by atoms with Crippen molar-refractivity contribution in [2.75, 3.05) is 0 Å². The highest BCUT2D eigenvalue weighted by molar-refractivity contribution is 5.37. The lowest BCUT2D eigenvalue weighted by molar-refractivity contribution is 0.122. The molecule has 1 aliphatic rings. The molecule has 0 unspecified atom stereocenters. The summed E-state index contributed by atoms with van der Waals surface area (Å²) in [5.74, 6) is 0.718. The Morgan fingerprint density at radius 3 is 2.75 bits per heavy atom. The second-order valence-electron chi connectivity index (χ2n) is 5.33. The van der Waals surface area contributed by atoms with E-state index in [0.717, 1.165) is 24.3 Å². The SMILES string of the molecule is CC(C)(C)Oc1nc2c(cc1CN)CCC2. The maximum Gasteiger partial charge on any atom is 0.218 e. The zero-order valence-corrected chi connectivity index (χ0v) is 10.3. The van der Waals surface area contributed by atoms with Crippen LogP contribution in [0.15, 0.2) is 6.07 Å². The van der Waals surface area contributed by atoms with Crippen molar-refractivity contribution in [3.05, 3.63) is 22.9 Å². The largest absolute Gasteiger partial charge is 0.472 e. The van der Waals surface area contributed by atoms with Crippen molar-refractivity contribution in [2.45, 2.75) is 52.2 Å². The number of aromatic nitrogens is 1. The van der Waals surface area contributed by atoms with Gasteiger partial charge in [0.25, 0.3) is 0 Å². The number of nitrogens with zero attached hydrogens (tertiary/aromatic N) is 1. The van der Waals surface area contributed by atoms with Crippen LogP contribution >= 0.6 is 0 Å². The lowest BCUT2D eigenvalue weighted by Crippen LogP contribution is -2.25. The second kappa shape index (κ2) is 4.06. The molecule has 16 heavy (non-hydrogen) atoms. The van der Waals surface area contributed by atoms with Crippen LogP contribution in [-0.2, 0) is 19.4 Å². The molecule has 1 aromatic rings. The van der Waals surface area contributed by atoms with E-state index in [1.54, 1.807) is 0 Å². The van der Waals surface area contributed by atoms with Crippen LogP contribution in [0.5, 0.6) is 5.88 Å². The molecule has 3 heteroatoms. The molecular formula is C13H20N2O. The Morgan fingerprint density at radius 2 is 2.12 bits per heavy atom. The Bertz CT molecular complexity index is 394. The summed E-state index contributed by atoms with van der Waals surface area (Å²) in [6.45, 7) is 6.58. The van der Waals surface area contributed by atoms with E-state index < -0.39 is 0 Å². The van der Waals surface area contributed by atoms with Crippen LogP contribution in [0.2, 0.25) is 0 Å². The van der Waals surface area contributed by atoms with Gasteiger partial charge in [-0.1, -0.05) is 0 Å². The van der Waals surface area contributed by atoms with E-state index in [2.05, 4.69) is 11.1 Å². The quantitative estimate of drug-likeness (QED) is 0.831. The smallest absolute Gasteiger partial charge is 0.218 e. The number of pyridine rings is 1. The summed E-state index contributed by atoms with van der Waals surface area (Å²) >= 11 is 0. The molecule has 3 nitrogen and oxygen atoms in total. The second-order valence-corrected chi connectivity index (χ2v) is 5.33. The van der Waals surface area contributed by atoms with E-state index in [1.165, 1.54) is 17.7 Å². The van der Waals surface area contributed by atoms with Crippen LogP contribution in [0.25, 0.3) is 0 Å². The first-order valence-corrected chi connectivity index (χ1v) is 5.90. The molecule has 0 atom stereocenters. The molecule has 0 aliphatic heterocycles. The Hall–Kier alpha value is -1.09. The molecule has 0 aromatic carbocycles. The van der Waals surface area contributed by atoms with Crippen molar-refractivity contribution in [1.82, 2.24) is 4.98 Å². The fourth-order valence-corrected chi connectivity index (χ4v) is 2.03. The average molecular weight is 220 g/mol. The third kappa shape index (κ3) is 2.35. The minimum atomic E-state index is -0.218. The minimum Gasteiger partial charge on any atom is -0.472 e. The summed E-state index contributed by atoms with van der Waals surface area (Å²) in [4.78, 5) is 4.61. The normalized spacial score (nSPS) is 15.0. The number of aryl methyl sites for hydroxylation is 2. The van der Waals surface area contributed by atoms with Gasteiger partial charge in [-0.25, -0.2) is 4.98 Å². The summed E-state index contributed by atoms with van der Waals surface area (Å²) in [7, 11) is 0. The van der Waals surface area contributed by atoms with Crippen LogP contribution in [0.3, 0.4) is 0 Å². The molecule has 1 aliphatic carbocycles. The molecule has 0 spiro atoms. The van der Waals surface area contributed by atoms with E-state index in [9.17, 15) is 0 Å². The molecule has 0 fully saturated rings. The summed E-state index contributed by atoms with van der Waals surface area (Å²) in [6.07, 6.45) is 3.40. The van der Waals surface area contributed by atoms with Crippen LogP contribution in [-0.4, -0.2) is 10.6 Å². The van der Waals surface area contributed by atoms with Gasteiger partial charge in [-0.2, -0.15) is 0 Å². The first kappa shape index (κ1) is 11.4. The van der Waals surface area contributed by atoms with Gasteiger partial charge in [0.05, 0.1) is 0 Å². The van der Waals surface area contributed by atoms with Gasteiger partial charge in [0.1, 0.15) is 5.60 Å². The predicted molar refractivity (Wildman–Crippen MR) is 64.5 cm³/mol. The zero-order valence-electron chi connectivity index (χ0n) is 10.3. The Balaban J connectivity index is 2.36. The number of rotatable bonds is 2. The number of hydrogen-bond donors (Lipinski definition) is 1. The molecule has 0 radical (unpaired) electrons. The zero-order chi connectivity index (χ0) is 11.8. The molecule has 0 bridgehead atoms.